The van der Waals surface area contributed by atoms with Crippen molar-refractivity contribution in [3.05, 3.63) is 35.9 Å². The third-order valence-electron chi connectivity index (χ3n) is 6.96. The van der Waals surface area contributed by atoms with Gasteiger partial charge in [0.05, 0.1) is 6.54 Å². The summed E-state index contributed by atoms with van der Waals surface area (Å²) in [6.07, 6.45) is 0.712. The molecule has 1 saturated heterocycles. The fourth-order valence-electron chi connectivity index (χ4n) is 4.94. The molecule has 0 bridgehead atoms. The van der Waals surface area contributed by atoms with E-state index in [1.54, 1.807) is 20.8 Å². The minimum Gasteiger partial charge on any atom is -0.446 e. The lowest BCUT2D eigenvalue weighted by Gasteiger charge is -2.37. The smallest absolute Gasteiger partial charge is 0.408 e. The molecule has 0 unspecified atom stereocenters. The molecule has 2 N–H and O–H groups in total. The molecule has 1 aliphatic carbocycles. The van der Waals surface area contributed by atoms with Gasteiger partial charge >= 0.3 is 12.2 Å². The molecule has 3 amide bonds. The van der Waals surface area contributed by atoms with Crippen LogP contribution in [0.1, 0.15) is 65.4 Å². The highest BCUT2D eigenvalue weighted by atomic mass is 19.3. The van der Waals surface area contributed by atoms with Crippen LogP contribution < -0.4 is 10.6 Å². The predicted molar refractivity (Wildman–Crippen MR) is 134 cm³/mol. The van der Waals surface area contributed by atoms with Crippen molar-refractivity contribution in [2.24, 2.45) is 11.8 Å². The molecule has 1 aromatic carbocycles. The van der Waals surface area contributed by atoms with Crippen molar-refractivity contribution in [3.63, 3.8) is 0 Å². The van der Waals surface area contributed by atoms with Crippen LogP contribution in [0.5, 0.6) is 0 Å². The Morgan fingerprint density at radius 2 is 1.73 bits per heavy atom. The first-order chi connectivity index (χ1) is 17.3. The van der Waals surface area contributed by atoms with Gasteiger partial charge in [-0.15, -0.1) is 0 Å². The van der Waals surface area contributed by atoms with Gasteiger partial charge in [0.1, 0.15) is 17.7 Å². The standard InChI is InChI=1S/C27H39F2N3O5/c1-18(20-10-12-21(13-11-20)36-24(34)30-16-19-8-6-5-7-9-19)22(31-25(35)37-26(2,3)4)23(33)32-15-14-27(28,29)17-32/h5-9,18,20-22H,10-17H2,1-4H3,(H,30,34)(H,31,35)/t18-,20?,21?,22-/m0/s1. The summed E-state index contributed by atoms with van der Waals surface area (Å²) in [4.78, 5) is 39.1. The maximum atomic E-state index is 13.8. The highest BCUT2D eigenvalue weighted by Gasteiger charge is 2.44. The number of rotatable bonds is 7. The van der Waals surface area contributed by atoms with Gasteiger partial charge in [0, 0.05) is 19.5 Å². The average Bonchev–Trinajstić information content (AvgIpc) is 3.20. The van der Waals surface area contributed by atoms with Crippen LogP contribution in [0.15, 0.2) is 30.3 Å². The second kappa shape index (κ2) is 12.1. The number of amides is 3. The molecule has 0 aromatic heterocycles. The molecule has 8 nitrogen and oxygen atoms in total. The maximum Gasteiger partial charge on any atom is 0.408 e. The first-order valence-corrected chi connectivity index (χ1v) is 13.0. The fourth-order valence-corrected chi connectivity index (χ4v) is 4.94. The molecular formula is C27H39F2N3O5. The van der Waals surface area contributed by atoms with Crippen LogP contribution in [0.4, 0.5) is 18.4 Å². The summed E-state index contributed by atoms with van der Waals surface area (Å²) in [6.45, 7) is 6.67. The molecule has 1 heterocycles. The number of hydrogen-bond acceptors (Lipinski definition) is 5. The number of nitrogens with one attached hydrogen (secondary N) is 2. The van der Waals surface area contributed by atoms with Gasteiger partial charge in [0.25, 0.3) is 5.92 Å². The van der Waals surface area contributed by atoms with Gasteiger partial charge in [-0.2, -0.15) is 0 Å². The molecule has 0 radical (unpaired) electrons. The highest BCUT2D eigenvalue weighted by molar-refractivity contribution is 5.86. The Balaban J connectivity index is 1.56. The van der Waals surface area contributed by atoms with Crippen molar-refractivity contribution in [2.45, 2.75) is 90.0 Å². The van der Waals surface area contributed by atoms with Gasteiger partial charge < -0.3 is 25.0 Å². The van der Waals surface area contributed by atoms with E-state index in [9.17, 15) is 23.2 Å². The zero-order chi connectivity index (χ0) is 27.2. The van der Waals surface area contributed by atoms with E-state index in [-0.39, 0.29) is 30.9 Å². The first-order valence-electron chi connectivity index (χ1n) is 13.0. The number of halogens is 2. The fraction of sp³-hybridized carbons (Fsp3) is 0.667. The van der Waals surface area contributed by atoms with Gasteiger partial charge in [0.2, 0.25) is 5.91 Å². The van der Waals surface area contributed by atoms with Crippen LogP contribution in [0.3, 0.4) is 0 Å². The second-order valence-electron chi connectivity index (χ2n) is 11.1. The second-order valence-corrected chi connectivity index (χ2v) is 11.1. The van der Waals surface area contributed by atoms with E-state index in [0.717, 1.165) is 10.5 Å². The molecule has 206 valence electrons. The Hall–Kier alpha value is -2.91. The third kappa shape index (κ3) is 8.86. The average molecular weight is 524 g/mol. The minimum absolute atomic E-state index is 0.0410. The van der Waals surface area contributed by atoms with Crippen LogP contribution in [0.25, 0.3) is 0 Å². The Bertz CT molecular complexity index is 930. The molecule has 1 aromatic rings. The van der Waals surface area contributed by atoms with Crippen molar-refractivity contribution in [2.75, 3.05) is 13.1 Å². The lowest BCUT2D eigenvalue weighted by Crippen LogP contribution is -2.54. The SMILES string of the molecule is C[C@@H](C1CCC(OC(=O)NCc2ccccc2)CC1)[C@H](NC(=O)OC(C)(C)C)C(=O)N1CCC(F)(F)C1. The molecule has 1 aliphatic heterocycles. The number of hydrogen-bond donors (Lipinski definition) is 2. The molecule has 2 atom stereocenters. The van der Waals surface area contributed by atoms with E-state index in [0.29, 0.717) is 32.2 Å². The summed E-state index contributed by atoms with van der Waals surface area (Å²) < 4.78 is 38.5. The molecule has 2 fully saturated rings. The van der Waals surface area contributed by atoms with E-state index in [4.69, 9.17) is 9.47 Å². The van der Waals surface area contributed by atoms with Crippen LogP contribution in [0, 0.1) is 11.8 Å². The molecule has 1 saturated carbocycles. The van der Waals surface area contributed by atoms with E-state index < -0.39 is 42.2 Å². The largest absolute Gasteiger partial charge is 0.446 e. The Labute approximate surface area is 217 Å². The van der Waals surface area contributed by atoms with Crippen LogP contribution in [-0.2, 0) is 20.8 Å². The zero-order valence-electron chi connectivity index (χ0n) is 22.1. The van der Waals surface area contributed by atoms with E-state index in [1.807, 2.05) is 37.3 Å². The zero-order valence-corrected chi connectivity index (χ0v) is 22.1. The van der Waals surface area contributed by atoms with Crippen molar-refractivity contribution in [3.8, 4) is 0 Å². The molecular weight excluding hydrogens is 484 g/mol. The number of alkyl halides is 2. The Morgan fingerprint density at radius 3 is 2.30 bits per heavy atom. The van der Waals surface area contributed by atoms with Crippen molar-refractivity contribution in [1.29, 1.82) is 0 Å². The maximum absolute atomic E-state index is 13.8. The number of alkyl carbamates (subject to hydrolysis) is 2. The summed E-state index contributed by atoms with van der Waals surface area (Å²) in [6, 6.07) is 8.55. The predicted octanol–water partition coefficient (Wildman–Crippen LogP) is 4.87. The quantitative estimate of drug-likeness (QED) is 0.532. The molecule has 0 spiro atoms. The van der Waals surface area contributed by atoms with E-state index >= 15 is 0 Å². The van der Waals surface area contributed by atoms with Crippen LogP contribution in [0.2, 0.25) is 0 Å². The highest BCUT2D eigenvalue weighted by Crippen LogP contribution is 2.35. The Kier molecular flexibility index (Phi) is 9.36. The molecule has 10 heteroatoms. The number of ether oxygens (including phenoxy) is 2. The molecule has 37 heavy (non-hydrogen) atoms. The topological polar surface area (TPSA) is 97.0 Å². The summed E-state index contributed by atoms with van der Waals surface area (Å²) in [5.41, 5.74) is 0.207. The summed E-state index contributed by atoms with van der Waals surface area (Å²) in [5.74, 6) is -3.72. The summed E-state index contributed by atoms with van der Waals surface area (Å²) >= 11 is 0. The summed E-state index contributed by atoms with van der Waals surface area (Å²) in [7, 11) is 0. The van der Waals surface area contributed by atoms with Crippen LogP contribution >= 0.6 is 0 Å². The number of carbonyl (C=O) groups is 3. The monoisotopic (exact) mass is 523 g/mol. The van der Waals surface area contributed by atoms with Crippen molar-refractivity contribution >= 4 is 18.1 Å². The minimum atomic E-state index is -2.92. The van der Waals surface area contributed by atoms with Crippen LogP contribution in [-0.4, -0.2) is 59.8 Å². The van der Waals surface area contributed by atoms with Gasteiger partial charge in [-0.05, 0) is 63.9 Å². The van der Waals surface area contributed by atoms with Crippen molar-refractivity contribution < 1.29 is 32.6 Å². The van der Waals surface area contributed by atoms with Gasteiger partial charge in [-0.3, -0.25) is 4.79 Å². The number of benzene rings is 1. The number of likely N-dealkylation sites (tertiary alicyclic amines) is 1. The van der Waals surface area contributed by atoms with Gasteiger partial charge in [-0.1, -0.05) is 37.3 Å². The van der Waals surface area contributed by atoms with Gasteiger partial charge in [0.15, 0.2) is 0 Å². The lowest BCUT2D eigenvalue weighted by molar-refractivity contribution is -0.136. The van der Waals surface area contributed by atoms with Crippen molar-refractivity contribution in [1.82, 2.24) is 15.5 Å². The normalized spacial score (nSPS) is 23.0. The Morgan fingerprint density at radius 1 is 1.08 bits per heavy atom. The first kappa shape index (κ1) is 28.7. The lowest BCUT2D eigenvalue weighted by atomic mass is 9.76. The van der Waals surface area contributed by atoms with E-state index in [2.05, 4.69) is 10.6 Å². The van der Waals surface area contributed by atoms with Gasteiger partial charge in [-0.25, -0.2) is 18.4 Å². The number of carbonyl (C=O) groups excluding carboxylic acids is 3. The summed E-state index contributed by atoms with van der Waals surface area (Å²) in [5, 5.41) is 5.42. The molecule has 3 rings (SSSR count). The number of nitrogens with zero attached hydrogens (tertiary/aromatic N) is 1. The molecule has 2 aliphatic rings. The van der Waals surface area contributed by atoms with E-state index in [1.165, 1.54) is 0 Å². The third-order valence-corrected chi connectivity index (χ3v) is 6.96.